The molecule has 9 heteroatoms. The van der Waals surface area contributed by atoms with Gasteiger partial charge in [-0.05, 0) is 30.9 Å². The molecular formula is C22H24N2O6S. The topological polar surface area (TPSA) is 116 Å². The molecule has 0 fully saturated rings. The van der Waals surface area contributed by atoms with Gasteiger partial charge in [-0.3, -0.25) is 19.7 Å². The molecule has 1 N–H and O–H groups in total. The van der Waals surface area contributed by atoms with Crippen molar-refractivity contribution in [3.05, 3.63) is 69.3 Å². The summed E-state index contributed by atoms with van der Waals surface area (Å²) in [6.45, 7) is 2.10. The Kier molecular flexibility index (Phi) is 9.20. The molecule has 0 saturated carbocycles. The van der Waals surface area contributed by atoms with Gasteiger partial charge in [-0.2, -0.15) is 0 Å². The Morgan fingerprint density at radius 1 is 1.10 bits per heavy atom. The molecule has 0 saturated heterocycles. The molecule has 0 aliphatic rings. The molecule has 31 heavy (non-hydrogen) atoms. The van der Waals surface area contributed by atoms with Crippen LogP contribution >= 0.6 is 11.8 Å². The van der Waals surface area contributed by atoms with Crippen molar-refractivity contribution in [2.24, 2.45) is 0 Å². The van der Waals surface area contributed by atoms with E-state index in [-0.39, 0.29) is 22.4 Å². The van der Waals surface area contributed by atoms with Crippen LogP contribution < -0.4 is 5.32 Å². The number of esters is 1. The number of hydrogen-bond acceptors (Lipinski definition) is 7. The van der Waals surface area contributed by atoms with Crippen LogP contribution in [0.4, 0.5) is 5.69 Å². The lowest BCUT2D eigenvalue weighted by molar-refractivity contribution is -0.387. The molecule has 0 radical (unpaired) electrons. The van der Waals surface area contributed by atoms with E-state index in [1.54, 1.807) is 18.4 Å². The summed E-state index contributed by atoms with van der Waals surface area (Å²) in [5, 5.41) is 14.0. The van der Waals surface area contributed by atoms with Crippen LogP contribution in [-0.2, 0) is 9.53 Å². The lowest BCUT2D eigenvalue weighted by atomic mass is 9.98. The largest absolute Gasteiger partial charge is 0.452 e. The number of nitro benzene ring substituents is 1. The molecule has 0 aliphatic heterocycles. The standard InChI is InChI=1S/C22H24N2O6S/c1-3-4-7-12-23-20(25)14-30-22(27)17-9-6-5-8-16(17)21(26)15-10-11-19(31-2)18(13-15)24(28)29/h5-6,8-11,13H,3-4,7,12,14H2,1-2H3,(H,23,25). The van der Waals surface area contributed by atoms with Gasteiger partial charge >= 0.3 is 5.97 Å². The monoisotopic (exact) mass is 444 g/mol. The number of hydrogen-bond donors (Lipinski definition) is 1. The first-order valence-electron chi connectivity index (χ1n) is 9.79. The predicted octanol–water partition coefficient (Wildman–Crippen LogP) is 4.01. The zero-order chi connectivity index (χ0) is 22.8. The van der Waals surface area contributed by atoms with Gasteiger partial charge in [-0.25, -0.2) is 4.79 Å². The second-order valence-corrected chi connectivity index (χ2v) is 7.50. The molecule has 0 aromatic heterocycles. The number of rotatable bonds is 11. The number of nitrogens with one attached hydrogen (secondary N) is 1. The first-order valence-corrected chi connectivity index (χ1v) is 11.0. The van der Waals surface area contributed by atoms with E-state index in [0.29, 0.717) is 11.4 Å². The lowest BCUT2D eigenvalue weighted by Crippen LogP contribution is -2.29. The third-order valence-electron chi connectivity index (χ3n) is 4.47. The molecule has 0 atom stereocenters. The Labute approximate surface area is 184 Å². The fraction of sp³-hybridized carbons (Fsp3) is 0.318. The van der Waals surface area contributed by atoms with Crippen LogP contribution in [0.25, 0.3) is 0 Å². The lowest BCUT2D eigenvalue weighted by Gasteiger charge is -2.10. The molecule has 2 aromatic carbocycles. The van der Waals surface area contributed by atoms with E-state index in [9.17, 15) is 24.5 Å². The van der Waals surface area contributed by atoms with Crippen molar-refractivity contribution in [2.45, 2.75) is 31.1 Å². The van der Waals surface area contributed by atoms with Crippen molar-refractivity contribution in [1.29, 1.82) is 0 Å². The summed E-state index contributed by atoms with van der Waals surface area (Å²) in [7, 11) is 0. The van der Waals surface area contributed by atoms with Crippen molar-refractivity contribution in [3.63, 3.8) is 0 Å². The van der Waals surface area contributed by atoms with Crippen LogP contribution in [0.3, 0.4) is 0 Å². The number of amides is 1. The Hall–Kier alpha value is -3.20. The summed E-state index contributed by atoms with van der Waals surface area (Å²) >= 11 is 1.20. The number of carbonyl (C=O) groups is 3. The van der Waals surface area contributed by atoms with Gasteiger partial charge < -0.3 is 10.1 Å². The summed E-state index contributed by atoms with van der Waals surface area (Å²) in [6.07, 6.45) is 4.56. The molecule has 8 nitrogen and oxygen atoms in total. The molecular weight excluding hydrogens is 420 g/mol. The molecule has 1 amide bonds. The van der Waals surface area contributed by atoms with E-state index >= 15 is 0 Å². The minimum Gasteiger partial charge on any atom is -0.452 e. The highest BCUT2D eigenvalue weighted by molar-refractivity contribution is 7.98. The van der Waals surface area contributed by atoms with Gasteiger partial charge in [0, 0.05) is 23.7 Å². The summed E-state index contributed by atoms with van der Waals surface area (Å²) in [5.74, 6) is -1.79. The van der Waals surface area contributed by atoms with Crippen molar-refractivity contribution >= 4 is 35.1 Å². The van der Waals surface area contributed by atoms with Gasteiger partial charge in [0.05, 0.1) is 15.4 Å². The van der Waals surface area contributed by atoms with Crippen molar-refractivity contribution in [2.75, 3.05) is 19.4 Å². The molecule has 0 aliphatic carbocycles. The Balaban J connectivity index is 2.15. The van der Waals surface area contributed by atoms with Crippen LogP contribution in [0.1, 0.15) is 52.5 Å². The third-order valence-corrected chi connectivity index (χ3v) is 5.25. The molecule has 0 bridgehead atoms. The average Bonchev–Trinajstić information content (AvgIpc) is 2.79. The second-order valence-electron chi connectivity index (χ2n) is 6.65. The number of nitro groups is 1. The van der Waals surface area contributed by atoms with Gasteiger partial charge in [0.1, 0.15) is 0 Å². The Bertz CT molecular complexity index is 976. The number of carbonyl (C=O) groups excluding carboxylic acids is 3. The van der Waals surface area contributed by atoms with E-state index < -0.39 is 29.2 Å². The smallest absolute Gasteiger partial charge is 0.339 e. The van der Waals surface area contributed by atoms with Crippen LogP contribution in [-0.4, -0.2) is 42.0 Å². The zero-order valence-electron chi connectivity index (χ0n) is 17.4. The maximum absolute atomic E-state index is 13.0. The van der Waals surface area contributed by atoms with Crippen molar-refractivity contribution in [3.8, 4) is 0 Å². The normalized spacial score (nSPS) is 10.4. The minimum atomic E-state index is -0.817. The summed E-state index contributed by atoms with van der Waals surface area (Å²) < 4.78 is 5.06. The molecule has 0 spiro atoms. The summed E-state index contributed by atoms with van der Waals surface area (Å²) in [5.41, 5.74) is -0.0681. The number of ether oxygens (including phenoxy) is 1. The molecule has 0 unspecified atom stereocenters. The molecule has 164 valence electrons. The van der Waals surface area contributed by atoms with Crippen LogP contribution in [0.5, 0.6) is 0 Å². The summed E-state index contributed by atoms with van der Waals surface area (Å²) in [4.78, 5) is 48.5. The van der Waals surface area contributed by atoms with E-state index in [1.165, 1.54) is 42.1 Å². The summed E-state index contributed by atoms with van der Waals surface area (Å²) in [6, 6.07) is 10.2. The van der Waals surface area contributed by atoms with Crippen molar-refractivity contribution in [1.82, 2.24) is 5.32 Å². The fourth-order valence-corrected chi connectivity index (χ4v) is 3.40. The Morgan fingerprint density at radius 3 is 2.45 bits per heavy atom. The highest BCUT2D eigenvalue weighted by Crippen LogP contribution is 2.29. The third kappa shape index (κ3) is 6.65. The van der Waals surface area contributed by atoms with E-state index in [0.717, 1.165) is 19.3 Å². The number of benzene rings is 2. The maximum Gasteiger partial charge on any atom is 0.339 e. The highest BCUT2D eigenvalue weighted by atomic mass is 32.2. The SMILES string of the molecule is CCCCCNC(=O)COC(=O)c1ccccc1C(=O)c1ccc(SC)c([N+](=O)[O-])c1. The van der Waals surface area contributed by atoms with Gasteiger partial charge in [-0.15, -0.1) is 11.8 Å². The van der Waals surface area contributed by atoms with Gasteiger partial charge in [0.2, 0.25) is 0 Å². The van der Waals surface area contributed by atoms with Crippen LogP contribution in [0.15, 0.2) is 47.4 Å². The zero-order valence-corrected chi connectivity index (χ0v) is 18.2. The number of nitrogens with zero attached hydrogens (tertiary/aromatic N) is 1. The average molecular weight is 445 g/mol. The molecule has 2 aromatic rings. The van der Waals surface area contributed by atoms with Crippen molar-refractivity contribution < 1.29 is 24.0 Å². The Morgan fingerprint density at radius 2 is 1.81 bits per heavy atom. The number of ketones is 1. The van der Waals surface area contributed by atoms with Gasteiger partial charge in [0.25, 0.3) is 11.6 Å². The maximum atomic E-state index is 13.0. The van der Waals surface area contributed by atoms with Gasteiger partial charge in [-0.1, -0.05) is 38.0 Å². The number of thioether (sulfide) groups is 1. The van der Waals surface area contributed by atoms with E-state index in [2.05, 4.69) is 12.2 Å². The first kappa shape index (κ1) is 24.1. The predicted molar refractivity (Wildman–Crippen MR) is 118 cm³/mol. The van der Waals surface area contributed by atoms with E-state index in [1.807, 2.05) is 0 Å². The van der Waals surface area contributed by atoms with E-state index in [4.69, 9.17) is 4.74 Å². The quantitative estimate of drug-likeness (QED) is 0.139. The van der Waals surface area contributed by atoms with Crippen LogP contribution in [0, 0.1) is 10.1 Å². The first-order chi connectivity index (χ1) is 14.9. The fourth-order valence-electron chi connectivity index (χ4n) is 2.85. The van der Waals surface area contributed by atoms with Crippen LogP contribution in [0.2, 0.25) is 0 Å². The minimum absolute atomic E-state index is 0.0112. The number of unbranched alkanes of at least 4 members (excludes halogenated alkanes) is 2. The molecule has 2 rings (SSSR count). The van der Waals surface area contributed by atoms with Gasteiger partial charge in [0.15, 0.2) is 12.4 Å². The highest BCUT2D eigenvalue weighted by Gasteiger charge is 2.22. The second kappa shape index (κ2) is 11.8. The molecule has 0 heterocycles.